The normalized spacial score (nSPS) is 21.3. The van der Waals surface area contributed by atoms with E-state index in [-0.39, 0.29) is 36.2 Å². The molecule has 33 heavy (non-hydrogen) atoms. The summed E-state index contributed by atoms with van der Waals surface area (Å²) in [5.41, 5.74) is 1.36. The van der Waals surface area contributed by atoms with E-state index >= 15 is 0 Å². The molecular formula is C26H34N4O3. The van der Waals surface area contributed by atoms with Crippen LogP contribution in [0.4, 0.5) is 5.69 Å². The second kappa shape index (κ2) is 11.3. The van der Waals surface area contributed by atoms with E-state index in [4.69, 9.17) is 0 Å². The zero-order valence-electron chi connectivity index (χ0n) is 19.1. The molecule has 3 amide bonds. The smallest absolute Gasteiger partial charge is 0.243 e. The van der Waals surface area contributed by atoms with Crippen LogP contribution in [0.3, 0.4) is 0 Å². The molecule has 7 heteroatoms. The van der Waals surface area contributed by atoms with Gasteiger partial charge in [0.25, 0.3) is 0 Å². The van der Waals surface area contributed by atoms with Crippen LogP contribution in [0.2, 0.25) is 0 Å². The molecule has 2 aromatic rings. The minimum atomic E-state index is -0.273. The zero-order chi connectivity index (χ0) is 23.0. The Bertz CT molecular complexity index is 973. The fourth-order valence-corrected chi connectivity index (χ4v) is 5.15. The lowest BCUT2D eigenvalue weighted by Crippen LogP contribution is -2.42. The van der Waals surface area contributed by atoms with Crippen molar-refractivity contribution in [2.45, 2.75) is 70.3 Å². The first-order valence-corrected chi connectivity index (χ1v) is 12.3. The predicted molar refractivity (Wildman–Crippen MR) is 128 cm³/mol. The van der Waals surface area contributed by atoms with Gasteiger partial charge < -0.3 is 16.0 Å². The van der Waals surface area contributed by atoms with E-state index in [1.165, 1.54) is 32.1 Å². The van der Waals surface area contributed by atoms with E-state index in [0.29, 0.717) is 18.0 Å². The molecule has 2 fully saturated rings. The van der Waals surface area contributed by atoms with Crippen molar-refractivity contribution in [3.63, 3.8) is 0 Å². The molecule has 176 valence electrons. The average Bonchev–Trinajstić information content (AvgIpc) is 2.84. The minimum Gasteiger partial charge on any atom is -0.353 e. The monoisotopic (exact) mass is 450 g/mol. The maximum absolute atomic E-state index is 12.6. The van der Waals surface area contributed by atoms with E-state index in [0.717, 1.165) is 36.6 Å². The van der Waals surface area contributed by atoms with Gasteiger partial charge in [0.2, 0.25) is 17.7 Å². The quantitative estimate of drug-likeness (QED) is 0.595. The van der Waals surface area contributed by atoms with Gasteiger partial charge in [-0.15, -0.1) is 0 Å². The Morgan fingerprint density at radius 2 is 1.64 bits per heavy atom. The molecule has 0 bridgehead atoms. The lowest BCUT2D eigenvalue weighted by atomic mass is 9.84. The standard InChI is InChI=1S/C26H34N4O3/c31-23(16-18-6-2-1-3-7-18)29-21-13-11-20(12-14-21)26(33)28-17-24(32)30-22-10-4-8-19-9-5-15-27-25(19)22/h4-5,8-10,15,18,20-21H,1-3,6-7,11-14,16-17H2,(H,28,33)(H,29,31)(H,30,32). The second-order valence-electron chi connectivity index (χ2n) is 9.47. The summed E-state index contributed by atoms with van der Waals surface area (Å²) in [5.74, 6) is 0.230. The van der Waals surface area contributed by atoms with Crippen molar-refractivity contribution < 1.29 is 14.4 Å². The third-order valence-corrected chi connectivity index (χ3v) is 6.99. The van der Waals surface area contributed by atoms with Gasteiger partial charge in [0.05, 0.1) is 17.7 Å². The molecular weight excluding hydrogens is 416 g/mol. The highest BCUT2D eigenvalue weighted by molar-refractivity contribution is 6.01. The topological polar surface area (TPSA) is 100 Å². The number of anilines is 1. The SMILES string of the molecule is O=C(CNC(=O)C1CCC(NC(=O)CC2CCCCC2)CC1)Nc1cccc2cccnc12. The third-order valence-electron chi connectivity index (χ3n) is 6.99. The highest BCUT2D eigenvalue weighted by atomic mass is 16.2. The number of pyridine rings is 1. The van der Waals surface area contributed by atoms with Crippen LogP contribution >= 0.6 is 0 Å². The van der Waals surface area contributed by atoms with E-state index in [2.05, 4.69) is 20.9 Å². The van der Waals surface area contributed by atoms with E-state index in [1.54, 1.807) is 12.3 Å². The minimum absolute atomic E-state index is 0.0693. The number of amides is 3. The molecule has 2 aliphatic carbocycles. The summed E-state index contributed by atoms with van der Waals surface area (Å²) in [6, 6.07) is 9.56. The Hall–Kier alpha value is -2.96. The maximum Gasteiger partial charge on any atom is 0.243 e. The average molecular weight is 451 g/mol. The summed E-state index contributed by atoms with van der Waals surface area (Å²) in [4.78, 5) is 41.6. The van der Waals surface area contributed by atoms with Gasteiger partial charge in [0, 0.05) is 30.0 Å². The Kier molecular flexibility index (Phi) is 7.92. The van der Waals surface area contributed by atoms with Crippen molar-refractivity contribution in [2.24, 2.45) is 11.8 Å². The molecule has 7 nitrogen and oxygen atoms in total. The van der Waals surface area contributed by atoms with Gasteiger partial charge in [-0.3, -0.25) is 19.4 Å². The third kappa shape index (κ3) is 6.53. The van der Waals surface area contributed by atoms with Crippen molar-refractivity contribution in [2.75, 3.05) is 11.9 Å². The predicted octanol–water partition coefficient (Wildman–Crippen LogP) is 3.93. The maximum atomic E-state index is 12.6. The number of carbonyl (C=O) groups is 3. The fraction of sp³-hybridized carbons (Fsp3) is 0.538. The summed E-state index contributed by atoms with van der Waals surface area (Å²) in [6.07, 6.45) is 11.5. The van der Waals surface area contributed by atoms with Crippen LogP contribution in [-0.2, 0) is 14.4 Å². The van der Waals surface area contributed by atoms with Crippen molar-refractivity contribution in [1.29, 1.82) is 0 Å². The molecule has 4 rings (SSSR count). The van der Waals surface area contributed by atoms with Gasteiger partial charge in [-0.05, 0) is 56.6 Å². The number of para-hydroxylation sites is 1. The Morgan fingerprint density at radius 1 is 0.879 bits per heavy atom. The molecule has 1 heterocycles. The number of fused-ring (bicyclic) bond motifs is 1. The van der Waals surface area contributed by atoms with Crippen molar-refractivity contribution in [3.8, 4) is 0 Å². The van der Waals surface area contributed by atoms with E-state index < -0.39 is 0 Å². The second-order valence-corrected chi connectivity index (χ2v) is 9.47. The Labute approximate surface area is 195 Å². The fourth-order valence-electron chi connectivity index (χ4n) is 5.15. The first kappa shape index (κ1) is 23.2. The highest BCUT2D eigenvalue weighted by Crippen LogP contribution is 2.28. The van der Waals surface area contributed by atoms with Gasteiger partial charge in [-0.1, -0.05) is 37.5 Å². The molecule has 0 spiro atoms. The molecule has 0 saturated heterocycles. The van der Waals surface area contributed by atoms with Crippen LogP contribution in [-0.4, -0.2) is 35.3 Å². The summed E-state index contributed by atoms with van der Waals surface area (Å²) in [6.45, 7) is -0.0693. The Balaban J connectivity index is 1.17. The van der Waals surface area contributed by atoms with Gasteiger partial charge >= 0.3 is 0 Å². The van der Waals surface area contributed by atoms with Crippen molar-refractivity contribution in [1.82, 2.24) is 15.6 Å². The number of nitrogens with one attached hydrogen (secondary N) is 3. The van der Waals surface area contributed by atoms with Gasteiger partial charge in [0.1, 0.15) is 0 Å². The number of aromatic nitrogens is 1. The zero-order valence-corrected chi connectivity index (χ0v) is 19.1. The van der Waals surface area contributed by atoms with Crippen LogP contribution < -0.4 is 16.0 Å². The first-order chi connectivity index (χ1) is 16.1. The number of rotatable bonds is 7. The van der Waals surface area contributed by atoms with Crippen molar-refractivity contribution in [3.05, 3.63) is 36.5 Å². The lowest BCUT2D eigenvalue weighted by molar-refractivity contribution is -0.128. The highest BCUT2D eigenvalue weighted by Gasteiger charge is 2.28. The molecule has 3 N–H and O–H groups in total. The molecule has 0 unspecified atom stereocenters. The first-order valence-electron chi connectivity index (χ1n) is 12.3. The number of benzene rings is 1. The summed E-state index contributed by atoms with van der Waals surface area (Å²) in [5, 5.41) is 9.74. The molecule has 1 aromatic heterocycles. The largest absolute Gasteiger partial charge is 0.353 e. The summed E-state index contributed by atoms with van der Waals surface area (Å²) < 4.78 is 0. The van der Waals surface area contributed by atoms with Crippen LogP contribution in [0.1, 0.15) is 64.2 Å². The van der Waals surface area contributed by atoms with Gasteiger partial charge in [-0.2, -0.15) is 0 Å². The number of nitrogens with zero attached hydrogens (tertiary/aromatic N) is 1. The van der Waals surface area contributed by atoms with Crippen molar-refractivity contribution >= 4 is 34.3 Å². The Morgan fingerprint density at radius 3 is 2.42 bits per heavy atom. The molecule has 2 aliphatic rings. The molecule has 2 saturated carbocycles. The number of hydrogen-bond acceptors (Lipinski definition) is 4. The lowest BCUT2D eigenvalue weighted by Gasteiger charge is -2.29. The van der Waals surface area contributed by atoms with Crippen LogP contribution in [0.5, 0.6) is 0 Å². The molecule has 1 aromatic carbocycles. The van der Waals surface area contributed by atoms with E-state index in [9.17, 15) is 14.4 Å². The van der Waals surface area contributed by atoms with Gasteiger partial charge in [0.15, 0.2) is 0 Å². The van der Waals surface area contributed by atoms with Crippen LogP contribution in [0.15, 0.2) is 36.5 Å². The number of carbonyl (C=O) groups excluding carboxylic acids is 3. The van der Waals surface area contributed by atoms with Gasteiger partial charge in [-0.25, -0.2) is 0 Å². The molecule has 0 radical (unpaired) electrons. The molecule has 0 aliphatic heterocycles. The van der Waals surface area contributed by atoms with E-state index in [1.807, 2.05) is 24.3 Å². The summed E-state index contributed by atoms with van der Waals surface area (Å²) in [7, 11) is 0. The molecule has 0 atom stereocenters. The van der Waals surface area contributed by atoms with Crippen LogP contribution in [0, 0.1) is 11.8 Å². The van der Waals surface area contributed by atoms with Crippen LogP contribution in [0.25, 0.3) is 10.9 Å². The number of hydrogen-bond donors (Lipinski definition) is 3. The summed E-state index contributed by atoms with van der Waals surface area (Å²) >= 11 is 0.